The van der Waals surface area contributed by atoms with Gasteiger partial charge in [0, 0.05) is 17.3 Å². The average Bonchev–Trinajstić information content (AvgIpc) is 2.78. The highest BCUT2D eigenvalue weighted by Crippen LogP contribution is 2.21. The molecule has 1 aromatic carbocycles. The lowest BCUT2D eigenvalue weighted by Crippen LogP contribution is -2.24. The molecule has 0 aliphatic carbocycles. The molecule has 2 N–H and O–H groups in total. The Balaban J connectivity index is 2.14. The normalized spacial score (nSPS) is 12.6. The van der Waals surface area contributed by atoms with Gasteiger partial charge in [-0.1, -0.05) is 36.8 Å². The number of aromatic nitrogens is 2. The Bertz CT molecular complexity index is 525. The van der Waals surface area contributed by atoms with Crippen molar-refractivity contribution in [1.82, 2.24) is 15.3 Å². The summed E-state index contributed by atoms with van der Waals surface area (Å²) in [6.45, 7) is 9.35. The van der Waals surface area contributed by atoms with Crippen LogP contribution in [0.1, 0.15) is 37.4 Å². The molecule has 0 saturated carbocycles. The van der Waals surface area contributed by atoms with Crippen molar-refractivity contribution in [2.24, 2.45) is 0 Å². The van der Waals surface area contributed by atoms with E-state index in [2.05, 4.69) is 62.3 Å². The molecule has 1 atom stereocenters. The van der Waals surface area contributed by atoms with E-state index in [0.717, 1.165) is 30.2 Å². The van der Waals surface area contributed by atoms with Gasteiger partial charge in [0.1, 0.15) is 5.82 Å². The maximum atomic E-state index is 4.70. The number of hydrogen-bond acceptors (Lipinski definition) is 2. The van der Waals surface area contributed by atoms with Crippen molar-refractivity contribution in [3.63, 3.8) is 0 Å². The molecule has 2 rings (SSSR count). The summed E-state index contributed by atoms with van der Waals surface area (Å²) in [7, 11) is 0. The molecule has 19 heavy (non-hydrogen) atoms. The van der Waals surface area contributed by atoms with Crippen molar-refractivity contribution in [2.75, 3.05) is 0 Å². The van der Waals surface area contributed by atoms with Crippen molar-refractivity contribution < 1.29 is 0 Å². The molecule has 0 saturated heterocycles. The first-order valence-corrected chi connectivity index (χ1v) is 6.96. The van der Waals surface area contributed by atoms with Crippen LogP contribution in [0.4, 0.5) is 0 Å². The summed E-state index contributed by atoms with van der Waals surface area (Å²) >= 11 is 0. The van der Waals surface area contributed by atoms with Crippen LogP contribution >= 0.6 is 0 Å². The zero-order valence-electron chi connectivity index (χ0n) is 12.2. The summed E-state index contributed by atoms with van der Waals surface area (Å²) in [5.74, 6) is 1.01. The number of aryl methyl sites for hydroxylation is 2. The van der Waals surface area contributed by atoms with Crippen LogP contribution < -0.4 is 5.32 Å². The maximum absolute atomic E-state index is 4.70. The van der Waals surface area contributed by atoms with Crippen LogP contribution in [0, 0.1) is 13.8 Å². The number of aromatic amines is 1. The molecule has 0 aliphatic heterocycles. The summed E-state index contributed by atoms with van der Waals surface area (Å²) < 4.78 is 0. The van der Waals surface area contributed by atoms with Crippen molar-refractivity contribution in [3.05, 3.63) is 41.3 Å². The lowest BCUT2D eigenvalue weighted by molar-refractivity contribution is 0.525. The van der Waals surface area contributed by atoms with Gasteiger partial charge in [0.2, 0.25) is 0 Å². The predicted molar refractivity (Wildman–Crippen MR) is 80.1 cm³/mol. The number of H-pyrrole nitrogens is 1. The minimum absolute atomic E-state index is 0.522. The zero-order valence-corrected chi connectivity index (χ0v) is 12.2. The number of rotatable bonds is 5. The Morgan fingerprint density at radius 3 is 2.53 bits per heavy atom. The first-order chi connectivity index (χ1) is 9.10. The largest absolute Gasteiger partial charge is 0.344 e. The summed E-state index contributed by atoms with van der Waals surface area (Å²) in [4.78, 5) is 8.06. The van der Waals surface area contributed by atoms with Crippen molar-refractivity contribution >= 4 is 0 Å². The van der Waals surface area contributed by atoms with E-state index in [9.17, 15) is 0 Å². The molecular formula is C16H23N3. The molecule has 0 bridgehead atoms. The molecule has 3 heteroatoms. The third-order valence-corrected chi connectivity index (χ3v) is 3.49. The predicted octanol–water partition coefficient (Wildman–Crippen LogP) is 3.58. The van der Waals surface area contributed by atoms with E-state index in [1.807, 2.05) is 0 Å². The van der Waals surface area contributed by atoms with Crippen LogP contribution in [0.15, 0.2) is 24.3 Å². The monoisotopic (exact) mass is 257 g/mol. The molecule has 1 heterocycles. The smallest absolute Gasteiger partial charge is 0.121 e. The van der Waals surface area contributed by atoms with Crippen LogP contribution in [0.5, 0.6) is 0 Å². The van der Waals surface area contributed by atoms with E-state index in [4.69, 9.17) is 4.98 Å². The lowest BCUT2D eigenvalue weighted by Gasteiger charge is -2.08. The number of nitrogens with one attached hydrogen (secondary N) is 2. The third kappa shape index (κ3) is 3.44. The minimum Gasteiger partial charge on any atom is -0.344 e. The molecule has 1 unspecified atom stereocenters. The van der Waals surface area contributed by atoms with Crippen LogP contribution in [-0.4, -0.2) is 16.0 Å². The van der Waals surface area contributed by atoms with Gasteiger partial charge in [-0.15, -0.1) is 0 Å². The summed E-state index contributed by atoms with van der Waals surface area (Å²) in [5, 5.41) is 3.46. The fraction of sp³-hybridized carbons (Fsp3) is 0.438. The summed E-state index contributed by atoms with van der Waals surface area (Å²) in [6, 6.07) is 9.03. The Morgan fingerprint density at radius 1 is 1.21 bits per heavy atom. The van der Waals surface area contributed by atoms with Gasteiger partial charge in [-0.2, -0.15) is 0 Å². The second kappa shape index (κ2) is 6.02. The van der Waals surface area contributed by atoms with Gasteiger partial charge in [-0.25, -0.2) is 4.98 Å². The highest BCUT2D eigenvalue weighted by molar-refractivity contribution is 5.62. The van der Waals surface area contributed by atoms with Crippen molar-refractivity contribution in [2.45, 2.75) is 46.7 Å². The number of imidazole rings is 1. The fourth-order valence-electron chi connectivity index (χ4n) is 2.01. The Morgan fingerprint density at radius 2 is 1.89 bits per heavy atom. The Hall–Kier alpha value is -1.61. The molecular weight excluding hydrogens is 234 g/mol. The number of benzene rings is 1. The first-order valence-electron chi connectivity index (χ1n) is 6.96. The summed E-state index contributed by atoms with van der Waals surface area (Å²) in [5.41, 5.74) is 4.63. The molecule has 1 aromatic heterocycles. The Kier molecular flexibility index (Phi) is 4.38. The molecule has 0 aliphatic rings. The minimum atomic E-state index is 0.522. The van der Waals surface area contributed by atoms with Gasteiger partial charge in [-0.3, -0.25) is 0 Å². The van der Waals surface area contributed by atoms with Crippen LogP contribution in [0.25, 0.3) is 11.3 Å². The molecule has 102 valence electrons. The van der Waals surface area contributed by atoms with Gasteiger partial charge in [0.15, 0.2) is 0 Å². The highest BCUT2D eigenvalue weighted by Gasteiger charge is 2.09. The van der Waals surface area contributed by atoms with E-state index in [0.29, 0.717) is 6.04 Å². The topological polar surface area (TPSA) is 40.7 Å². The van der Waals surface area contributed by atoms with E-state index in [1.165, 1.54) is 11.1 Å². The molecule has 3 nitrogen and oxygen atoms in total. The van der Waals surface area contributed by atoms with Gasteiger partial charge >= 0.3 is 0 Å². The SMILES string of the molecule is CCC(C)NCc1nc(-c2ccc(C)cc2)c(C)[nH]1. The number of hydrogen-bond donors (Lipinski definition) is 2. The van der Waals surface area contributed by atoms with Gasteiger partial charge in [0.25, 0.3) is 0 Å². The standard InChI is InChI=1S/C16H23N3/c1-5-12(3)17-10-15-18-13(4)16(19-15)14-8-6-11(2)7-9-14/h6-9,12,17H,5,10H2,1-4H3,(H,18,19). The van der Waals surface area contributed by atoms with Crippen molar-refractivity contribution in [3.8, 4) is 11.3 Å². The van der Waals surface area contributed by atoms with Gasteiger partial charge in [0.05, 0.1) is 12.2 Å². The van der Waals surface area contributed by atoms with Gasteiger partial charge < -0.3 is 10.3 Å². The molecule has 0 spiro atoms. The number of nitrogens with zero attached hydrogens (tertiary/aromatic N) is 1. The lowest BCUT2D eigenvalue weighted by atomic mass is 10.1. The van der Waals surface area contributed by atoms with Crippen LogP contribution in [-0.2, 0) is 6.54 Å². The van der Waals surface area contributed by atoms with E-state index in [1.54, 1.807) is 0 Å². The summed E-state index contributed by atoms with van der Waals surface area (Å²) in [6.07, 6.45) is 1.13. The van der Waals surface area contributed by atoms with E-state index < -0.39 is 0 Å². The first kappa shape index (κ1) is 13.8. The maximum Gasteiger partial charge on any atom is 0.121 e. The van der Waals surface area contributed by atoms with Crippen LogP contribution in [0.3, 0.4) is 0 Å². The average molecular weight is 257 g/mol. The Labute approximate surface area is 115 Å². The molecule has 0 amide bonds. The fourth-order valence-corrected chi connectivity index (χ4v) is 2.01. The zero-order chi connectivity index (χ0) is 13.8. The van der Waals surface area contributed by atoms with Crippen LogP contribution in [0.2, 0.25) is 0 Å². The molecule has 0 radical (unpaired) electrons. The quantitative estimate of drug-likeness (QED) is 0.859. The highest BCUT2D eigenvalue weighted by atomic mass is 15.0. The molecule has 0 fully saturated rings. The molecule has 2 aromatic rings. The van der Waals surface area contributed by atoms with Gasteiger partial charge in [-0.05, 0) is 27.2 Å². The van der Waals surface area contributed by atoms with Crippen molar-refractivity contribution in [1.29, 1.82) is 0 Å². The second-order valence-electron chi connectivity index (χ2n) is 5.21. The van der Waals surface area contributed by atoms with E-state index >= 15 is 0 Å². The third-order valence-electron chi connectivity index (χ3n) is 3.49. The van der Waals surface area contributed by atoms with E-state index in [-0.39, 0.29) is 0 Å². The second-order valence-corrected chi connectivity index (χ2v) is 5.21.